The largest absolute Gasteiger partial charge is 0.301 e. The molecular formula is C9H19NS. The molecule has 1 saturated heterocycles. The van der Waals surface area contributed by atoms with Gasteiger partial charge in [0, 0.05) is 11.3 Å². The van der Waals surface area contributed by atoms with Gasteiger partial charge in [0.15, 0.2) is 0 Å². The van der Waals surface area contributed by atoms with Crippen LogP contribution in [0, 0.1) is 0 Å². The first-order chi connectivity index (χ1) is 5.04. The van der Waals surface area contributed by atoms with E-state index in [1.54, 1.807) is 0 Å². The van der Waals surface area contributed by atoms with Crippen molar-refractivity contribution in [1.29, 1.82) is 0 Å². The first-order valence-corrected chi connectivity index (χ1v) is 5.30. The Bertz CT molecular complexity index is 138. The van der Waals surface area contributed by atoms with Gasteiger partial charge >= 0.3 is 0 Å². The van der Waals surface area contributed by atoms with Crippen molar-refractivity contribution in [3.8, 4) is 0 Å². The summed E-state index contributed by atoms with van der Waals surface area (Å²) in [5.41, 5.74) is 0. The molecule has 0 atom stereocenters. The maximum absolute atomic E-state index is 3.62. The van der Waals surface area contributed by atoms with Gasteiger partial charge < -0.3 is 5.32 Å². The van der Waals surface area contributed by atoms with E-state index in [0.717, 1.165) is 6.54 Å². The molecule has 1 rings (SSSR count). The average Bonchev–Trinajstić information content (AvgIpc) is 2.28. The zero-order valence-corrected chi connectivity index (χ0v) is 8.85. The Morgan fingerprint density at radius 1 is 1.27 bits per heavy atom. The molecule has 0 aliphatic carbocycles. The second-order valence-electron chi connectivity index (χ2n) is 3.92. The van der Waals surface area contributed by atoms with Gasteiger partial charge in [-0.3, -0.25) is 0 Å². The van der Waals surface area contributed by atoms with E-state index in [1.165, 1.54) is 12.8 Å². The SMILES string of the molecule is CCC1(CC)NCC(C)(C)S1. The number of thioether (sulfide) groups is 1. The third-order valence-electron chi connectivity index (χ3n) is 2.45. The van der Waals surface area contributed by atoms with Gasteiger partial charge in [-0.25, -0.2) is 0 Å². The normalized spacial score (nSPS) is 27.3. The summed E-state index contributed by atoms with van der Waals surface area (Å²) in [7, 11) is 0. The molecule has 11 heavy (non-hydrogen) atoms. The number of nitrogens with one attached hydrogen (secondary N) is 1. The fourth-order valence-corrected chi connectivity index (χ4v) is 3.25. The maximum Gasteiger partial charge on any atom is 0.0646 e. The van der Waals surface area contributed by atoms with E-state index in [4.69, 9.17) is 0 Å². The van der Waals surface area contributed by atoms with Crippen LogP contribution in [-0.4, -0.2) is 16.2 Å². The molecule has 1 nitrogen and oxygen atoms in total. The van der Waals surface area contributed by atoms with Crippen molar-refractivity contribution in [2.24, 2.45) is 0 Å². The minimum atomic E-state index is 0.378. The van der Waals surface area contributed by atoms with Crippen molar-refractivity contribution in [1.82, 2.24) is 5.32 Å². The number of hydrogen-bond acceptors (Lipinski definition) is 2. The van der Waals surface area contributed by atoms with Crippen LogP contribution in [0.15, 0.2) is 0 Å². The van der Waals surface area contributed by atoms with Crippen molar-refractivity contribution < 1.29 is 0 Å². The van der Waals surface area contributed by atoms with Gasteiger partial charge in [-0.15, -0.1) is 11.8 Å². The van der Waals surface area contributed by atoms with Gasteiger partial charge in [0.05, 0.1) is 4.87 Å². The molecular weight excluding hydrogens is 154 g/mol. The highest BCUT2D eigenvalue weighted by Crippen LogP contribution is 2.44. The lowest BCUT2D eigenvalue weighted by molar-refractivity contribution is 0.458. The maximum atomic E-state index is 3.62. The van der Waals surface area contributed by atoms with Crippen molar-refractivity contribution in [3.05, 3.63) is 0 Å². The van der Waals surface area contributed by atoms with Crippen molar-refractivity contribution in [2.45, 2.75) is 50.2 Å². The minimum Gasteiger partial charge on any atom is -0.301 e. The van der Waals surface area contributed by atoms with E-state index in [1.807, 2.05) is 0 Å². The van der Waals surface area contributed by atoms with Crippen LogP contribution in [0.3, 0.4) is 0 Å². The standard InChI is InChI=1S/C9H19NS/c1-5-9(6-2)10-7-8(3,4)11-9/h10H,5-7H2,1-4H3. The molecule has 2 heteroatoms. The summed E-state index contributed by atoms with van der Waals surface area (Å²) in [5.74, 6) is 0. The summed E-state index contributed by atoms with van der Waals surface area (Å²) in [5, 5.41) is 3.62. The molecule has 1 fully saturated rings. The van der Waals surface area contributed by atoms with E-state index in [2.05, 4.69) is 44.8 Å². The molecule has 1 N–H and O–H groups in total. The smallest absolute Gasteiger partial charge is 0.0646 e. The fraction of sp³-hybridized carbons (Fsp3) is 1.00. The molecule has 0 aromatic heterocycles. The lowest BCUT2D eigenvalue weighted by Crippen LogP contribution is -2.35. The van der Waals surface area contributed by atoms with Crippen LogP contribution < -0.4 is 5.32 Å². The number of rotatable bonds is 2. The first kappa shape index (κ1) is 9.40. The quantitative estimate of drug-likeness (QED) is 0.689. The molecule has 0 unspecified atom stereocenters. The Hall–Kier alpha value is 0.310. The van der Waals surface area contributed by atoms with Crippen LogP contribution in [0.1, 0.15) is 40.5 Å². The highest BCUT2D eigenvalue weighted by atomic mass is 32.2. The molecule has 0 bridgehead atoms. The Balaban J connectivity index is 2.62. The highest BCUT2D eigenvalue weighted by Gasteiger charge is 2.40. The van der Waals surface area contributed by atoms with E-state index in [0.29, 0.717) is 9.62 Å². The molecule has 0 spiro atoms. The van der Waals surface area contributed by atoms with Crippen LogP contribution in [0.4, 0.5) is 0 Å². The van der Waals surface area contributed by atoms with Crippen molar-refractivity contribution in [3.63, 3.8) is 0 Å². The molecule has 0 radical (unpaired) electrons. The Morgan fingerprint density at radius 2 is 1.82 bits per heavy atom. The average molecular weight is 173 g/mol. The van der Waals surface area contributed by atoms with Crippen LogP contribution in [-0.2, 0) is 0 Å². The van der Waals surface area contributed by atoms with Gasteiger partial charge in [-0.2, -0.15) is 0 Å². The van der Waals surface area contributed by atoms with Gasteiger partial charge in [0.2, 0.25) is 0 Å². The summed E-state index contributed by atoms with van der Waals surface area (Å²) < 4.78 is 0.437. The van der Waals surface area contributed by atoms with Crippen LogP contribution >= 0.6 is 11.8 Å². The molecule has 0 amide bonds. The monoisotopic (exact) mass is 173 g/mol. The van der Waals surface area contributed by atoms with Gasteiger partial charge in [-0.05, 0) is 26.7 Å². The summed E-state index contributed by atoms with van der Waals surface area (Å²) in [6, 6.07) is 0. The van der Waals surface area contributed by atoms with E-state index >= 15 is 0 Å². The second kappa shape index (κ2) is 2.98. The Labute approximate surface area is 74.3 Å². The number of hydrogen-bond donors (Lipinski definition) is 1. The van der Waals surface area contributed by atoms with E-state index in [-0.39, 0.29) is 0 Å². The van der Waals surface area contributed by atoms with Gasteiger partial charge in [-0.1, -0.05) is 13.8 Å². The lowest BCUT2D eigenvalue weighted by Gasteiger charge is -2.27. The fourth-order valence-electron chi connectivity index (χ4n) is 1.62. The van der Waals surface area contributed by atoms with Crippen LogP contribution in [0.25, 0.3) is 0 Å². The van der Waals surface area contributed by atoms with Gasteiger partial charge in [0.25, 0.3) is 0 Å². The molecule has 0 saturated carbocycles. The summed E-state index contributed by atoms with van der Waals surface area (Å²) in [4.78, 5) is 0.378. The molecule has 1 aliphatic rings. The summed E-state index contributed by atoms with van der Waals surface area (Å²) in [6.45, 7) is 10.3. The third kappa shape index (κ3) is 1.91. The second-order valence-corrected chi connectivity index (χ2v) is 6.01. The minimum absolute atomic E-state index is 0.378. The predicted molar refractivity (Wildman–Crippen MR) is 53.0 cm³/mol. The zero-order chi connectivity index (χ0) is 8.54. The molecule has 1 aliphatic heterocycles. The van der Waals surface area contributed by atoms with Gasteiger partial charge in [0.1, 0.15) is 0 Å². The molecule has 0 aromatic rings. The Morgan fingerprint density at radius 3 is 2.00 bits per heavy atom. The summed E-state index contributed by atoms with van der Waals surface area (Å²) >= 11 is 2.10. The Kier molecular flexibility index (Phi) is 2.55. The molecule has 66 valence electrons. The van der Waals surface area contributed by atoms with E-state index in [9.17, 15) is 0 Å². The first-order valence-electron chi connectivity index (χ1n) is 4.49. The molecule has 0 aromatic carbocycles. The molecule has 1 heterocycles. The highest BCUT2D eigenvalue weighted by molar-refractivity contribution is 8.02. The van der Waals surface area contributed by atoms with Crippen LogP contribution in [0.5, 0.6) is 0 Å². The van der Waals surface area contributed by atoms with Crippen LogP contribution in [0.2, 0.25) is 0 Å². The predicted octanol–water partition coefficient (Wildman–Crippen LogP) is 2.62. The zero-order valence-electron chi connectivity index (χ0n) is 8.03. The topological polar surface area (TPSA) is 12.0 Å². The van der Waals surface area contributed by atoms with Crippen molar-refractivity contribution in [2.75, 3.05) is 6.54 Å². The van der Waals surface area contributed by atoms with Crippen molar-refractivity contribution >= 4 is 11.8 Å². The summed E-state index contributed by atoms with van der Waals surface area (Å²) in [6.07, 6.45) is 2.47. The third-order valence-corrected chi connectivity index (χ3v) is 4.26. The lowest BCUT2D eigenvalue weighted by atomic mass is 10.1. The van der Waals surface area contributed by atoms with E-state index < -0.39 is 0 Å².